The molecule has 1 fully saturated rings. The smallest absolute Gasteiger partial charge is 0.308 e. The number of nitrogens with one attached hydrogen (secondary N) is 1. The van der Waals surface area contributed by atoms with Crippen LogP contribution in [-0.4, -0.2) is 46.9 Å². The first-order chi connectivity index (χ1) is 9.47. The largest absolute Gasteiger partial charge is 0.481 e. The summed E-state index contributed by atoms with van der Waals surface area (Å²) in [4.78, 5) is 36.2. The maximum atomic E-state index is 12.1. The predicted octanol–water partition coefficient (Wildman–Crippen LogP) is 1.00. The summed E-state index contributed by atoms with van der Waals surface area (Å²) >= 11 is 0. The highest BCUT2D eigenvalue weighted by molar-refractivity contribution is 5.80. The van der Waals surface area contributed by atoms with Gasteiger partial charge < -0.3 is 15.3 Å². The van der Waals surface area contributed by atoms with Gasteiger partial charge in [0.15, 0.2) is 0 Å². The minimum absolute atomic E-state index is 0.0459. The molecule has 2 amide bonds. The normalized spacial score (nSPS) is 22.4. The van der Waals surface area contributed by atoms with Crippen molar-refractivity contribution in [3.8, 4) is 0 Å². The molecule has 1 saturated heterocycles. The molecular weight excluding hydrogens is 260 g/mol. The number of amides is 2. The SMILES string of the molecule is CCNC(=O)CCCC(=O)N1CCC[C@H](C(=O)O)[C@@H]1C. The number of hydrogen-bond donors (Lipinski definition) is 2. The lowest BCUT2D eigenvalue weighted by molar-refractivity contribution is -0.149. The first kappa shape index (κ1) is 16.5. The van der Waals surface area contributed by atoms with Gasteiger partial charge in [0.25, 0.3) is 0 Å². The number of likely N-dealkylation sites (tertiary alicyclic amines) is 1. The molecule has 0 unspecified atom stereocenters. The number of carboxylic acids is 1. The summed E-state index contributed by atoms with van der Waals surface area (Å²) < 4.78 is 0. The molecule has 0 aromatic carbocycles. The van der Waals surface area contributed by atoms with Gasteiger partial charge in [-0.2, -0.15) is 0 Å². The number of carbonyl (C=O) groups is 3. The molecule has 0 radical (unpaired) electrons. The summed E-state index contributed by atoms with van der Waals surface area (Å²) in [5.74, 6) is -1.41. The molecule has 0 aliphatic carbocycles. The maximum absolute atomic E-state index is 12.1. The number of carboxylic acid groups (broad SMARTS) is 1. The highest BCUT2D eigenvalue weighted by Gasteiger charge is 2.34. The summed E-state index contributed by atoms with van der Waals surface area (Å²) in [7, 11) is 0. The van der Waals surface area contributed by atoms with Crippen LogP contribution in [0.5, 0.6) is 0 Å². The van der Waals surface area contributed by atoms with Crippen LogP contribution in [-0.2, 0) is 14.4 Å². The molecule has 0 aromatic rings. The number of aliphatic carboxylic acids is 1. The third-order valence-electron chi connectivity index (χ3n) is 3.79. The zero-order chi connectivity index (χ0) is 15.1. The van der Waals surface area contributed by atoms with E-state index >= 15 is 0 Å². The van der Waals surface area contributed by atoms with Crippen LogP contribution in [0.25, 0.3) is 0 Å². The molecule has 20 heavy (non-hydrogen) atoms. The highest BCUT2D eigenvalue weighted by Crippen LogP contribution is 2.24. The average Bonchev–Trinajstić information content (AvgIpc) is 2.38. The van der Waals surface area contributed by atoms with Crippen LogP contribution in [0.15, 0.2) is 0 Å². The highest BCUT2D eigenvalue weighted by atomic mass is 16.4. The van der Waals surface area contributed by atoms with E-state index in [1.807, 2.05) is 6.92 Å². The molecule has 0 aromatic heterocycles. The minimum atomic E-state index is -0.836. The summed E-state index contributed by atoms with van der Waals surface area (Å²) in [6, 6.07) is -0.266. The maximum Gasteiger partial charge on any atom is 0.308 e. The predicted molar refractivity (Wildman–Crippen MR) is 74.1 cm³/mol. The molecule has 0 spiro atoms. The number of hydrogen-bond acceptors (Lipinski definition) is 3. The zero-order valence-electron chi connectivity index (χ0n) is 12.2. The van der Waals surface area contributed by atoms with Crippen LogP contribution >= 0.6 is 0 Å². The molecular formula is C14H24N2O4. The molecule has 2 atom stereocenters. The van der Waals surface area contributed by atoms with E-state index in [1.54, 1.807) is 11.8 Å². The van der Waals surface area contributed by atoms with Crippen LogP contribution < -0.4 is 5.32 Å². The van der Waals surface area contributed by atoms with Crippen molar-refractivity contribution in [1.82, 2.24) is 10.2 Å². The fourth-order valence-electron chi connectivity index (χ4n) is 2.65. The van der Waals surface area contributed by atoms with Crippen molar-refractivity contribution in [2.75, 3.05) is 13.1 Å². The fraction of sp³-hybridized carbons (Fsp3) is 0.786. The van der Waals surface area contributed by atoms with Gasteiger partial charge in [-0.3, -0.25) is 14.4 Å². The Morgan fingerprint density at radius 1 is 1.30 bits per heavy atom. The molecule has 1 rings (SSSR count). The first-order valence-electron chi connectivity index (χ1n) is 7.26. The minimum Gasteiger partial charge on any atom is -0.481 e. The molecule has 1 aliphatic rings. The summed E-state index contributed by atoms with van der Waals surface area (Å²) in [5, 5.41) is 11.8. The Morgan fingerprint density at radius 2 is 2.00 bits per heavy atom. The van der Waals surface area contributed by atoms with E-state index in [4.69, 9.17) is 5.11 Å². The van der Waals surface area contributed by atoms with Gasteiger partial charge in [0.05, 0.1) is 5.92 Å². The Bertz CT molecular complexity index is 370. The molecule has 0 saturated carbocycles. The number of nitrogens with zero attached hydrogens (tertiary/aromatic N) is 1. The van der Waals surface area contributed by atoms with E-state index < -0.39 is 11.9 Å². The number of piperidine rings is 1. The fourth-order valence-corrected chi connectivity index (χ4v) is 2.65. The summed E-state index contributed by atoms with van der Waals surface area (Å²) in [6.45, 7) is 4.85. The average molecular weight is 284 g/mol. The van der Waals surface area contributed by atoms with Crippen molar-refractivity contribution in [2.45, 2.75) is 52.0 Å². The van der Waals surface area contributed by atoms with Crippen molar-refractivity contribution >= 4 is 17.8 Å². The molecule has 0 bridgehead atoms. The van der Waals surface area contributed by atoms with Crippen molar-refractivity contribution in [3.63, 3.8) is 0 Å². The summed E-state index contributed by atoms with van der Waals surface area (Å²) in [5.41, 5.74) is 0. The van der Waals surface area contributed by atoms with Gasteiger partial charge in [-0.25, -0.2) is 0 Å². The van der Waals surface area contributed by atoms with Gasteiger partial charge in [0.1, 0.15) is 0 Å². The Labute approximate surface area is 119 Å². The van der Waals surface area contributed by atoms with Gasteiger partial charge in [-0.15, -0.1) is 0 Å². The van der Waals surface area contributed by atoms with Crippen LogP contribution in [0.3, 0.4) is 0 Å². The van der Waals surface area contributed by atoms with Crippen LogP contribution in [0, 0.1) is 5.92 Å². The Balaban J connectivity index is 2.42. The second-order valence-corrected chi connectivity index (χ2v) is 5.22. The third kappa shape index (κ3) is 4.51. The standard InChI is InChI=1S/C14H24N2O4/c1-3-15-12(17)7-4-8-13(18)16-9-5-6-11(10(16)2)14(19)20/h10-11H,3-9H2,1-2H3,(H,15,17)(H,19,20)/t10-,11-/m0/s1. The van der Waals surface area contributed by atoms with Crippen molar-refractivity contribution in [2.24, 2.45) is 5.92 Å². The quantitative estimate of drug-likeness (QED) is 0.762. The topological polar surface area (TPSA) is 86.7 Å². The van der Waals surface area contributed by atoms with E-state index in [0.717, 1.165) is 6.42 Å². The molecule has 114 valence electrons. The molecule has 2 N–H and O–H groups in total. The van der Waals surface area contributed by atoms with Gasteiger partial charge in [-0.05, 0) is 33.1 Å². The summed E-state index contributed by atoms with van der Waals surface area (Å²) in [6.07, 6.45) is 2.49. The van der Waals surface area contributed by atoms with E-state index in [9.17, 15) is 14.4 Å². The second kappa shape index (κ2) is 7.87. The lowest BCUT2D eigenvalue weighted by atomic mass is 9.90. The zero-order valence-corrected chi connectivity index (χ0v) is 12.2. The van der Waals surface area contributed by atoms with E-state index in [-0.39, 0.29) is 17.9 Å². The third-order valence-corrected chi connectivity index (χ3v) is 3.79. The van der Waals surface area contributed by atoms with Crippen LogP contribution in [0.4, 0.5) is 0 Å². The van der Waals surface area contributed by atoms with E-state index in [1.165, 1.54) is 0 Å². The van der Waals surface area contributed by atoms with Gasteiger partial charge in [-0.1, -0.05) is 0 Å². The van der Waals surface area contributed by atoms with Gasteiger partial charge in [0, 0.05) is 32.0 Å². The van der Waals surface area contributed by atoms with Crippen LogP contribution in [0.1, 0.15) is 46.0 Å². The van der Waals surface area contributed by atoms with Crippen molar-refractivity contribution < 1.29 is 19.5 Å². The molecule has 1 aliphatic heterocycles. The monoisotopic (exact) mass is 284 g/mol. The first-order valence-corrected chi connectivity index (χ1v) is 7.26. The van der Waals surface area contributed by atoms with E-state index in [2.05, 4.69) is 5.32 Å². The van der Waals surface area contributed by atoms with Gasteiger partial charge >= 0.3 is 5.97 Å². The van der Waals surface area contributed by atoms with E-state index in [0.29, 0.717) is 38.8 Å². The molecule has 6 nitrogen and oxygen atoms in total. The molecule has 6 heteroatoms. The second-order valence-electron chi connectivity index (χ2n) is 5.22. The Kier molecular flexibility index (Phi) is 6.48. The van der Waals surface area contributed by atoms with Gasteiger partial charge in [0.2, 0.25) is 11.8 Å². The van der Waals surface area contributed by atoms with Crippen molar-refractivity contribution in [1.29, 1.82) is 0 Å². The Morgan fingerprint density at radius 3 is 2.60 bits per heavy atom. The number of carbonyl (C=O) groups excluding carboxylic acids is 2. The van der Waals surface area contributed by atoms with Crippen molar-refractivity contribution in [3.05, 3.63) is 0 Å². The molecule has 1 heterocycles. The Hall–Kier alpha value is -1.59. The number of rotatable bonds is 6. The van der Waals surface area contributed by atoms with Crippen LogP contribution in [0.2, 0.25) is 0 Å². The lowest BCUT2D eigenvalue weighted by Crippen LogP contribution is -2.49. The lowest BCUT2D eigenvalue weighted by Gasteiger charge is -2.37.